The molecular weight excluding hydrogens is 250 g/mol. The Balaban J connectivity index is 2.29. The molecule has 0 amide bonds. The monoisotopic (exact) mass is 267 g/mol. The van der Waals surface area contributed by atoms with Crippen LogP contribution >= 0.6 is 11.3 Å². The minimum absolute atomic E-state index is 0.0424. The van der Waals surface area contributed by atoms with E-state index in [9.17, 15) is 5.11 Å². The second-order valence-electron chi connectivity index (χ2n) is 4.00. The van der Waals surface area contributed by atoms with Crippen LogP contribution in [0.25, 0.3) is 10.7 Å². The lowest BCUT2D eigenvalue weighted by atomic mass is 10.1. The van der Waals surface area contributed by atoms with Crippen molar-refractivity contribution in [2.45, 2.75) is 12.1 Å². The smallest absolute Gasteiger partial charge is 0.150 e. The highest BCUT2D eigenvalue weighted by atomic mass is 32.1. The second-order valence-corrected chi connectivity index (χ2v) is 4.95. The van der Waals surface area contributed by atoms with E-state index in [2.05, 4.69) is 4.98 Å². The predicted molar refractivity (Wildman–Crippen MR) is 71.5 cm³/mol. The van der Waals surface area contributed by atoms with Crippen LogP contribution in [0.4, 0.5) is 0 Å². The van der Waals surface area contributed by atoms with E-state index in [1.54, 1.807) is 24.6 Å². The number of aromatic nitrogens is 2. The molecule has 5 nitrogen and oxygen atoms in total. The summed E-state index contributed by atoms with van der Waals surface area (Å²) in [5.41, 5.74) is 6.02. The molecule has 98 valence electrons. The number of imidazole rings is 1. The number of nitrogens with two attached hydrogens (primary N) is 1. The van der Waals surface area contributed by atoms with Crippen molar-refractivity contribution in [3.05, 3.63) is 29.9 Å². The third-order valence-corrected chi connectivity index (χ3v) is 3.67. The van der Waals surface area contributed by atoms with E-state index in [0.29, 0.717) is 6.61 Å². The molecule has 0 spiro atoms. The molecular formula is C12H17N3O2S. The lowest BCUT2D eigenvalue weighted by Gasteiger charge is -2.24. The van der Waals surface area contributed by atoms with Crippen LogP contribution in [-0.2, 0) is 4.74 Å². The van der Waals surface area contributed by atoms with Crippen molar-refractivity contribution < 1.29 is 9.84 Å². The molecule has 0 radical (unpaired) electrons. The normalized spacial score (nSPS) is 14.6. The number of thiophene rings is 1. The van der Waals surface area contributed by atoms with Gasteiger partial charge in [-0.3, -0.25) is 0 Å². The van der Waals surface area contributed by atoms with Gasteiger partial charge in [-0.1, -0.05) is 6.07 Å². The van der Waals surface area contributed by atoms with Gasteiger partial charge in [0.25, 0.3) is 0 Å². The van der Waals surface area contributed by atoms with Gasteiger partial charge in [-0.05, 0) is 11.4 Å². The fourth-order valence-corrected chi connectivity index (χ4v) is 2.63. The zero-order valence-electron chi connectivity index (χ0n) is 10.2. The Bertz CT molecular complexity index is 469. The fraction of sp³-hybridized carbons (Fsp3) is 0.417. The zero-order valence-corrected chi connectivity index (χ0v) is 11.0. The lowest BCUT2D eigenvalue weighted by Crippen LogP contribution is -2.38. The van der Waals surface area contributed by atoms with Crippen LogP contribution in [0, 0.1) is 0 Å². The first-order chi connectivity index (χ1) is 8.77. The summed E-state index contributed by atoms with van der Waals surface area (Å²) in [6, 6.07) is 3.47. The highest BCUT2D eigenvalue weighted by Crippen LogP contribution is 2.26. The second kappa shape index (κ2) is 6.10. The SMILES string of the molecule is COCC(N)C(CO)n1ccnc1-c1cccs1. The maximum absolute atomic E-state index is 9.54. The molecule has 2 rings (SSSR count). The van der Waals surface area contributed by atoms with Crippen molar-refractivity contribution in [3.8, 4) is 10.7 Å². The Morgan fingerprint density at radius 1 is 1.61 bits per heavy atom. The first kappa shape index (κ1) is 13.2. The Morgan fingerprint density at radius 2 is 2.44 bits per heavy atom. The van der Waals surface area contributed by atoms with Crippen LogP contribution in [0.15, 0.2) is 29.9 Å². The first-order valence-corrected chi connectivity index (χ1v) is 6.58. The van der Waals surface area contributed by atoms with Crippen molar-refractivity contribution in [2.24, 2.45) is 5.73 Å². The zero-order chi connectivity index (χ0) is 13.0. The number of ether oxygens (including phenoxy) is 1. The highest BCUT2D eigenvalue weighted by molar-refractivity contribution is 7.13. The maximum Gasteiger partial charge on any atom is 0.150 e. The molecule has 18 heavy (non-hydrogen) atoms. The number of rotatable bonds is 6. The molecule has 0 bridgehead atoms. The van der Waals surface area contributed by atoms with E-state index in [1.807, 2.05) is 28.3 Å². The third kappa shape index (κ3) is 2.62. The summed E-state index contributed by atoms with van der Waals surface area (Å²) in [5, 5.41) is 11.5. The van der Waals surface area contributed by atoms with Gasteiger partial charge in [0.1, 0.15) is 5.82 Å². The van der Waals surface area contributed by atoms with Crippen molar-refractivity contribution in [1.29, 1.82) is 0 Å². The van der Waals surface area contributed by atoms with Gasteiger partial charge in [0.05, 0.1) is 30.2 Å². The Kier molecular flexibility index (Phi) is 4.48. The molecule has 2 heterocycles. The van der Waals surface area contributed by atoms with E-state index in [-0.39, 0.29) is 18.7 Å². The van der Waals surface area contributed by atoms with Gasteiger partial charge in [0.2, 0.25) is 0 Å². The number of methoxy groups -OCH3 is 1. The molecule has 0 saturated carbocycles. The van der Waals surface area contributed by atoms with Crippen molar-refractivity contribution in [1.82, 2.24) is 9.55 Å². The van der Waals surface area contributed by atoms with Gasteiger partial charge in [-0.2, -0.15) is 0 Å². The standard InChI is InChI=1S/C12H17N3O2S/c1-17-8-9(13)10(7-16)15-5-4-14-12(15)11-3-2-6-18-11/h2-6,9-10,16H,7-8,13H2,1H3. The molecule has 0 fully saturated rings. The highest BCUT2D eigenvalue weighted by Gasteiger charge is 2.22. The maximum atomic E-state index is 9.54. The summed E-state index contributed by atoms with van der Waals surface area (Å²) in [6.07, 6.45) is 3.56. The van der Waals surface area contributed by atoms with Gasteiger partial charge in [-0.15, -0.1) is 11.3 Å². The van der Waals surface area contributed by atoms with E-state index in [1.165, 1.54) is 0 Å². The number of aliphatic hydroxyl groups is 1. The quantitative estimate of drug-likeness (QED) is 0.822. The summed E-state index contributed by atoms with van der Waals surface area (Å²) in [6.45, 7) is 0.354. The molecule has 0 aliphatic heterocycles. The third-order valence-electron chi connectivity index (χ3n) is 2.81. The Hall–Kier alpha value is -1.21. The Labute approximate surface area is 110 Å². The van der Waals surface area contributed by atoms with Crippen molar-refractivity contribution in [3.63, 3.8) is 0 Å². The van der Waals surface area contributed by atoms with Gasteiger partial charge in [-0.25, -0.2) is 4.98 Å². The van der Waals surface area contributed by atoms with Crippen LogP contribution in [-0.4, -0.2) is 41.0 Å². The minimum atomic E-state index is -0.270. The van der Waals surface area contributed by atoms with E-state index in [4.69, 9.17) is 10.5 Å². The summed E-state index contributed by atoms with van der Waals surface area (Å²) < 4.78 is 6.96. The molecule has 0 aromatic carbocycles. The van der Waals surface area contributed by atoms with Crippen molar-refractivity contribution in [2.75, 3.05) is 20.3 Å². The fourth-order valence-electron chi connectivity index (χ4n) is 1.91. The van der Waals surface area contributed by atoms with Gasteiger partial charge in [0.15, 0.2) is 0 Å². The average Bonchev–Trinajstić information content (AvgIpc) is 2.99. The molecule has 2 aromatic heterocycles. The van der Waals surface area contributed by atoms with E-state index < -0.39 is 0 Å². The van der Waals surface area contributed by atoms with Gasteiger partial charge in [0, 0.05) is 19.5 Å². The number of hydrogen-bond donors (Lipinski definition) is 2. The summed E-state index contributed by atoms with van der Waals surface area (Å²) in [4.78, 5) is 5.39. The molecule has 2 aromatic rings. The number of aliphatic hydroxyl groups excluding tert-OH is 1. The van der Waals surface area contributed by atoms with Crippen LogP contribution in [0.2, 0.25) is 0 Å². The Morgan fingerprint density at radius 3 is 3.06 bits per heavy atom. The average molecular weight is 267 g/mol. The van der Waals surface area contributed by atoms with Crippen molar-refractivity contribution >= 4 is 11.3 Å². The van der Waals surface area contributed by atoms with Crippen LogP contribution in [0.3, 0.4) is 0 Å². The predicted octanol–water partition coefficient (Wildman–Crippen LogP) is 1.12. The summed E-state index contributed by atoms with van der Waals surface area (Å²) in [5.74, 6) is 0.829. The van der Waals surface area contributed by atoms with E-state index in [0.717, 1.165) is 10.7 Å². The molecule has 3 N–H and O–H groups in total. The van der Waals surface area contributed by atoms with Crippen LogP contribution in [0.1, 0.15) is 6.04 Å². The summed E-state index contributed by atoms with van der Waals surface area (Å²) >= 11 is 1.61. The lowest BCUT2D eigenvalue weighted by molar-refractivity contribution is 0.130. The van der Waals surface area contributed by atoms with Crippen LogP contribution in [0.5, 0.6) is 0 Å². The molecule has 6 heteroatoms. The molecule has 0 aliphatic carbocycles. The minimum Gasteiger partial charge on any atom is -0.394 e. The number of nitrogens with zero attached hydrogens (tertiary/aromatic N) is 2. The molecule has 0 saturated heterocycles. The van der Waals surface area contributed by atoms with E-state index >= 15 is 0 Å². The van der Waals surface area contributed by atoms with Crippen LogP contribution < -0.4 is 5.73 Å². The topological polar surface area (TPSA) is 73.3 Å². The van der Waals surface area contributed by atoms with Gasteiger partial charge < -0.3 is 20.1 Å². The molecule has 2 unspecified atom stereocenters. The molecule has 0 aliphatic rings. The largest absolute Gasteiger partial charge is 0.394 e. The van der Waals surface area contributed by atoms with Gasteiger partial charge >= 0.3 is 0 Å². The first-order valence-electron chi connectivity index (χ1n) is 5.70. The molecule has 2 atom stereocenters. The number of hydrogen-bond acceptors (Lipinski definition) is 5. The summed E-state index contributed by atoms with van der Waals surface area (Å²) in [7, 11) is 1.60.